The van der Waals surface area contributed by atoms with E-state index in [1.54, 1.807) is 31.2 Å². The quantitative estimate of drug-likeness (QED) is 0.893. The Labute approximate surface area is 139 Å². The first-order chi connectivity index (χ1) is 11.0. The van der Waals surface area contributed by atoms with Crippen molar-refractivity contribution in [2.24, 2.45) is 0 Å². The van der Waals surface area contributed by atoms with Crippen LogP contribution in [0.25, 0.3) is 0 Å². The number of ether oxygens (including phenoxy) is 2. The highest BCUT2D eigenvalue weighted by Gasteiger charge is 2.17. The second-order valence-corrected chi connectivity index (χ2v) is 5.79. The summed E-state index contributed by atoms with van der Waals surface area (Å²) in [4.78, 5) is 12.3. The molecule has 2 N–H and O–H groups in total. The molecule has 2 aromatic carbocycles. The number of halogens is 1. The lowest BCUT2D eigenvalue weighted by Gasteiger charge is -2.16. The maximum atomic E-state index is 12.3. The molecule has 1 unspecified atom stereocenters. The van der Waals surface area contributed by atoms with E-state index in [-0.39, 0.29) is 12.7 Å². The Kier molecular flexibility index (Phi) is 4.30. The van der Waals surface area contributed by atoms with E-state index in [2.05, 4.69) is 10.6 Å². The summed E-state index contributed by atoms with van der Waals surface area (Å²) in [5, 5.41) is 6.64. The van der Waals surface area contributed by atoms with Crippen LogP contribution in [0.2, 0.25) is 5.02 Å². The zero-order valence-electron chi connectivity index (χ0n) is 12.9. The van der Waals surface area contributed by atoms with Crippen molar-refractivity contribution in [1.29, 1.82) is 0 Å². The van der Waals surface area contributed by atoms with Crippen molar-refractivity contribution in [2.75, 3.05) is 17.4 Å². The van der Waals surface area contributed by atoms with Crippen LogP contribution >= 0.6 is 11.6 Å². The fourth-order valence-electron chi connectivity index (χ4n) is 2.22. The van der Waals surface area contributed by atoms with Crippen LogP contribution in [0.3, 0.4) is 0 Å². The number of rotatable bonds is 4. The summed E-state index contributed by atoms with van der Waals surface area (Å²) in [5.41, 5.74) is 2.46. The fraction of sp³-hybridized carbons (Fsp3) is 0.235. The average Bonchev–Trinajstić information content (AvgIpc) is 2.98. The Morgan fingerprint density at radius 3 is 2.65 bits per heavy atom. The molecule has 1 amide bonds. The van der Waals surface area contributed by atoms with E-state index < -0.39 is 6.04 Å². The summed E-state index contributed by atoms with van der Waals surface area (Å²) in [6, 6.07) is 10.5. The van der Waals surface area contributed by atoms with Crippen molar-refractivity contribution >= 4 is 28.9 Å². The van der Waals surface area contributed by atoms with Gasteiger partial charge in [-0.15, -0.1) is 0 Å². The van der Waals surface area contributed by atoms with E-state index >= 15 is 0 Å². The molecule has 0 radical (unpaired) electrons. The predicted molar refractivity (Wildman–Crippen MR) is 90.5 cm³/mol. The minimum absolute atomic E-state index is 0.152. The minimum Gasteiger partial charge on any atom is -0.454 e. The molecule has 2 aromatic rings. The molecule has 0 saturated heterocycles. The topological polar surface area (TPSA) is 59.6 Å². The molecule has 1 aliphatic heterocycles. The average molecular weight is 333 g/mol. The van der Waals surface area contributed by atoms with Gasteiger partial charge in [-0.2, -0.15) is 0 Å². The molecule has 3 rings (SSSR count). The molecule has 23 heavy (non-hydrogen) atoms. The molecule has 0 saturated carbocycles. The fourth-order valence-corrected chi connectivity index (χ4v) is 2.40. The van der Waals surface area contributed by atoms with Gasteiger partial charge in [-0.3, -0.25) is 4.79 Å². The highest BCUT2D eigenvalue weighted by molar-refractivity contribution is 6.31. The monoisotopic (exact) mass is 332 g/mol. The molecule has 0 aromatic heterocycles. The number of hydrogen-bond acceptors (Lipinski definition) is 4. The van der Waals surface area contributed by atoms with Crippen LogP contribution in [-0.2, 0) is 4.79 Å². The van der Waals surface area contributed by atoms with Crippen molar-refractivity contribution in [3.05, 3.63) is 47.0 Å². The standard InChI is InChI=1S/C17H17ClN2O3/c1-10-3-4-12(7-14(10)18)19-11(2)17(21)20-13-5-6-15-16(8-13)23-9-22-15/h3-8,11,19H,9H2,1-2H3,(H,20,21). The zero-order valence-corrected chi connectivity index (χ0v) is 13.6. The van der Waals surface area contributed by atoms with Gasteiger partial charge >= 0.3 is 0 Å². The van der Waals surface area contributed by atoms with Gasteiger partial charge in [-0.1, -0.05) is 17.7 Å². The summed E-state index contributed by atoms with van der Waals surface area (Å²) in [7, 11) is 0. The summed E-state index contributed by atoms with van der Waals surface area (Å²) in [6.45, 7) is 3.93. The highest BCUT2D eigenvalue weighted by Crippen LogP contribution is 2.34. The molecule has 0 spiro atoms. The van der Waals surface area contributed by atoms with Crippen LogP contribution in [-0.4, -0.2) is 18.7 Å². The lowest BCUT2D eigenvalue weighted by Crippen LogP contribution is -2.31. The molecule has 5 nitrogen and oxygen atoms in total. The van der Waals surface area contributed by atoms with Crippen molar-refractivity contribution < 1.29 is 14.3 Å². The van der Waals surface area contributed by atoms with Gasteiger partial charge in [-0.05, 0) is 43.7 Å². The van der Waals surface area contributed by atoms with Gasteiger partial charge in [0.1, 0.15) is 6.04 Å². The van der Waals surface area contributed by atoms with E-state index in [0.717, 1.165) is 11.3 Å². The summed E-state index contributed by atoms with van der Waals surface area (Å²) < 4.78 is 10.5. The minimum atomic E-state index is -0.417. The number of carbonyl (C=O) groups excluding carboxylic acids is 1. The molecule has 6 heteroatoms. The van der Waals surface area contributed by atoms with E-state index in [0.29, 0.717) is 22.2 Å². The van der Waals surface area contributed by atoms with Crippen LogP contribution in [0.1, 0.15) is 12.5 Å². The molecule has 1 atom stereocenters. The maximum Gasteiger partial charge on any atom is 0.246 e. The van der Waals surface area contributed by atoms with Gasteiger partial charge in [0.05, 0.1) is 0 Å². The van der Waals surface area contributed by atoms with Crippen LogP contribution in [0.5, 0.6) is 11.5 Å². The van der Waals surface area contributed by atoms with Crippen molar-refractivity contribution in [1.82, 2.24) is 0 Å². The molecule has 1 aliphatic rings. The van der Waals surface area contributed by atoms with E-state index in [9.17, 15) is 4.79 Å². The molecule has 120 valence electrons. The second kappa shape index (κ2) is 6.38. The first-order valence-electron chi connectivity index (χ1n) is 7.26. The summed E-state index contributed by atoms with van der Waals surface area (Å²) in [6.07, 6.45) is 0. The molecule has 1 heterocycles. The van der Waals surface area contributed by atoms with E-state index in [4.69, 9.17) is 21.1 Å². The van der Waals surface area contributed by atoms with Crippen LogP contribution in [0, 0.1) is 6.92 Å². The number of amides is 1. The SMILES string of the molecule is Cc1ccc(NC(C)C(=O)Nc2ccc3c(c2)OCO3)cc1Cl. The van der Waals surface area contributed by atoms with Crippen LogP contribution in [0.15, 0.2) is 36.4 Å². The third-order valence-electron chi connectivity index (χ3n) is 3.59. The molecular formula is C17H17ClN2O3. The van der Waals surface area contributed by atoms with Gasteiger partial charge < -0.3 is 20.1 Å². The number of benzene rings is 2. The first kappa shape index (κ1) is 15.5. The summed E-state index contributed by atoms with van der Waals surface area (Å²) >= 11 is 6.09. The van der Waals surface area contributed by atoms with Gasteiger partial charge in [0.15, 0.2) is 11.5 Å². The number of anilines is 2. The highest BCUT2D eigenvalue weighted by atomic mass is 35.5. The maximum absolute atomic E-state index is 12.3. The van der Waals surface area contributed by atoms with Crippen molar-refractivity contribution in [2.45, 2.75) is 19.9 Å². The number of aryl methyl sites for hydroxylation is 1. The molecule has 0 fully saturated rings. The zero-order chi connectivity index (χ0) is 16.4. The number of fused-ring (bicyclic) bond motifs is 1. The van der Waals surface area contributed by atoms with Crippen molar-refractivity contribution in [3.8, 4) is 11.5 Å². The second-order valence-electron chi connectivity index (χ2n) is 5.39. The van der Waals surface area contributed by atoms with E-state index in [1.165, 1.54) is 0 Å². The Bertz CT molecular complexity index is 749. The largest absolute Gasteiger partial charge is 0.454 e. The number of hydrogen-bond donors (Lipinski definition) is 2. The smallest absolute Gasteiger partial charge is 0.246 e. The lowest BCUT2D eigenvalue weighted by molar-refractivity contribution is -0.116. The van der Waals surface area contributed by atoms with E-state index in [1.807, 2.05) is 19.1 Å². The number of carbonyl (C=O) groups is 1. The first-order valence-corrected chi connectivity index (χ1v) is 7.64. The molecule has 0 aliphatic carbocycles. The Morgan fingerprint density at radius 2 is 1.87 bits per heavy atom. The Balaban J connectivity index is 1.64. The summed E-state index contributed by atoms with van der Waals surface area (Å²) in [5.74, 6) is 1.16. The van der Waals surface area contributed by atoms with Gasteiger partial charge in [0, 0.05) is 22.5 Å². The third-order valence-corrected chi connectivity index (χ3v) is 4.00. The van der Waals surface area contributed by atoms with Gasteiger partial charge in [-0.25, -0.2) is 0 Å². The molecule has 0 bridgehead atoms. The molecular weight excluding hydrogens is 316 g/mol. The third kappa shape index (κ3) is 3.51. The Morgan fingerprint density at radius 1 is 1.13 bits per heavy atom. The lowest BCUT2D eigenvalue weighted by atomic mass is 10.2. The van der Waals surface area contributed by atoms with Crippen molar-refractivity contribution in [3.63, 3.8) is 0 Å². The van der Waals surface area contributed by atoms with Crippen LogP contribution < -0.4 is 20.1 Å². The van der Waals surface area contributed by atoms with Crippen LogP contribution in [0.4, 0.5) is 11.4 Å². The Hall–Kier alpha value is -2.40. The predicted octanol–water partition coefficient (Wildman–Crippen LogP) is 3.82. The normalized spacial score (nSPS) is 13.5. The number of nitrogens with one attached hydrogen (secondary N) is 2. The van der Waals surface area contributed by atoms with Gasteiger partial charge in [0.25, 0.3) is 0 Å². The van der Waals surface area contributed by atoms with Gasteiger partial charge in [0.2, 0.25) is 12.7 Å².